The molecule has 4 aromatic carbocycles. The molecular weight excluding hydrogens is 616 g/mol. The first-order chi connectivity index (χ1) is 22.6. The first-order valence-corrected chi connectivity index (χ1v) is 16.4. The van der Waals surface area contributed by atoms with Gasteiger partial charge in [-0.15, -0.1) is 0 Å². The lowest BCUT2D eigenvalue weighted by Crippen LogP contribution is -2.15. The van der Waals surface area contributed by atoms with Crippen LogP contribution in [0.5, 0.6) is 5.75 Å². The average molecular weight is 651 g/mol. The van der Waals surface area contributed by atoms with Crippen LogP contribution in [0, 0.1) is 6.92 Å². The summed E-state index contributed by atoms with van der Waals surface area (Å²) in [6.45, 7) is 1.73. The molecular formula is C36H34N4O6S. The predicted octanol–water partition coefficient (Wildman–Crippen LogP) is 6.39. The van der Waals surface area contributed by atoms with Crippen LogP contribution in [0.3, 0.4) is 0 Å². The Morgan fingerprint density at radius 2 is 1.68 bits per heavy atom. The van der Waals surface area contributed by atoms with Crippen LogP contribution in [0.2, 0.25) is 0 Å². The molecule has 1 heterocycles. The van der Waals surface area contributed by atoms with E-state index >= 15 is 0 Å². The number of ether oxygens (including phenoxy) is 1. The summed E-state index contributed by atoms with van der Waals surface area (Å²) in [5, 5.41) is 6.40. The summed E-state index contributed by atoms with van der Waals surface area (Å²) in [6, 6.07) is 23.2. The maximum Gasteiger partial charge on any atom is 0.255 e. The van der Waals surface area contributed by atoms with Gasteiger partial charge < -0.3 is 25.9 Å². The number of carbonyl (C=O) groups is 3. The number of aldehydes is 1. The molecule has 0 aliphatic carbocycles. The first kappa shape index (κ1) is 32.8. The minimum Gasteiger partial charge on any atom is -0.497 e. The fourth-order valence-electron chi connectivity index (χ4n) is 5.22. The van der Waals surface area contributed by atoms with Crippen LogP contribution in [0.1, 0.15) is 51.1 Å². The Bertz CT molecular complexity index is 2080. The molecule has 0 saturated carbocycles. The lowest BCUT2D eigenvalue weighted by atomic mass is 10.1. The predicted molar refractivity (Wildman–Crippen MR) is 181 cm³/mol. The molecule has 11 heteroatoms. The van der Waals surface area contributed by atoms with E-state index in [0.29, 0.717) is 45.7 Å². The van der Waals surface area contributed by atoms with Crippen molar-refractivity contribution in [3.63, 3.8) is 0 Å². The smallest absolute Gasteiger partial charge is 0.255 e. The molecule has 0 unspecified atom stereocenters. The number of hydrogen-bond donors (Lipinski definition) is 3. The molecule has 0 atom stereocenters. The number of rotatable bonds is 13. The van der Waals surface area contributed by atoms with Crippen molar-refractivity contribution in [3.8, 4) is 5.75 Å². The zero-order valence-corrected chi connectivity index (χ0v) is 26.8. The fraction of sp³-hybridized carbons (Fsp3) is 0.167. The number of nitrogens with zero attached hydrogens (tertiary/aromatic N) is 1. The van der Waals surface area contributed by atoms with Crippen LogP contribution in [0.25, 0.3) is 10.9 Å². The van der Waals surface area contributed by atoms with Crippen molar-refractivity contribution >= 4 is 55.9 Å². The van der Waals surface area contributed by atoms with E-state index in [9.17, 15) is 22.8 Å². The van der Waals surface area contributed by atoms with Gasteiger partial charge in [-0.3, -0.25) is 14.6 Å². The monoisotopic (exact) mass is 650 g/mol. The van der Waals surface area contributed by atoms with Gasteiger partial charge in [0.25, 0.3) is 11.8 Å². The second-order valence-electron chi connectivity index (χ2n) is 11.0. The summed E-state index contributed by atoms with van der Waals surface area (Å²) in [5.41, 5.74) is 9.54. The van der Waals surface area contributed by atoms with Crippen LogP contribution in [-0.2, 0) is 21.1 Å². The van der Waals surface area contributed by atoms with Gasteiger partial charge in [0.1, 0.15) is 12.0 Å². The number of aryl methyl sites for hydroxylation is 2. The second kappa shape index (κ2) is 14.3. The average Bonchev–Trinajstić information content (AvgIpc) is 3.07. The molecule has 0 fully saturated rings. The number of primary amides is 1. The lowest BCUT2D eigenvalue weighted by molar-refractivity contribution is -0.107. The van der Waals surface area contributed by atoms with Crippen molar-refractivity contribution in [2.75, 3.05) is 17.7 Å². The lowest BCUT2D eigenvalue weighted by Gasteiger charge is -2.16. The fourth-order valence-corrected chi connectivity index (χ4v) is 6.64. The number of benzene rings is 4. The molecule has 4 N–H and O–H groups in total. The van der Waals surface area contributed by atoms with Crippen LogP contribution in [0.15, 0.2) is 101 Å². The van der Waals surface area contributed by atoms with Gasteiger partial charge in [-0.2, -0.15) is 0 Å². The normalized spacial score (nSPS) is 11.2. The van der Waals surface area contributed by atoms with Gasteiger partial charge >= 0.3 is 0 Å². The maximum absolute atomic E-state index is 14.0. The van der Waals surface area contributed by atoms with E-state index < -0.39 is 21.7 Å². The number of sulfone groups is 1. The van der Waals surface area contributed by atoms with E-state index in [1.807, 2.05) is 12.1 Å². The topological polar surface area (TPSA) is 158 Å². The zero-order valence-electron chi connectivity index (χ0n) is 25.9. The van der Waals surface area contributed by atoms with Crippen molar-refractivity contribution in [3.05, 3.63) is 113 Å². The van der Waals surface area contributed by atoms with Gasteiger partial charge in [-0.05, 0) is 91.9 Å². The highest BCUT2D eigenvalue weighted by Gasteiger charge is 2.23. The molecule has 1 aromatic heterocycles. The van der Waals surface area contributed by atoms with E-state index in [1.165, 1.54) is 43.6 Å². The number of fused-ring (bicyclic) bond motifs is 1. The molecule has 0 spiro atoms. The van der Waals surface area contributed by atoms with Crippen LogP contribution in [0.4, 0.5) is 17.1 Å². The van der Waals surface area contributed by atoms with Gasteiger partial charge in [-0.1, -0.05) is 24.3 Å². The number of amides is 2. The number of anilines is 3. The summed E-state index contributed by atoms with van der Waals surface area (Å²) in [5.74, 6) is -0.619. The number of aromatic nitrogens is 1. The molecule has 5 rings (SSSR count). The molecule has 0 aliphatic rings. The number of nitrogens with two attached hydrogens (primary N) is 1. The van der Waals surface area contributed by atoms with E-state index in [4.69, 9.17) is 10.5 Å². The molecule has 5 aromatic rings. The van der Waals surface area contributed by atoms with Gasteiger partial charge in [0.05, 0.1) is 33.7 Å². The van der Waals surface area contributed by atoms with Gasteiger partial charge in [0.15, 0.2) is 0 Å². The van der Waals surface area contributed by atoms with Gasteiger partial charge in [0.2, 0.25) is 9.84 Å². The summed E-state index contributed by atoms with van der Waals surface area (Å²) in [6.07, 6.45) is 5.37. The van der Waals surface area contributed by atoms with Gasteiger partial charge in [0, 0.05) is 41.0 Å². The third-order valence-electron chi connectivity index (χ3n) is 7.71. The summed E-state index contributed by atoms with van der Waals surface area (Å²) in [7, 11) is -2.59. The number of nitrogens with one attached hydrogen (secondary N) is 2. The maximum atomic E-state index is 14.0. The Morgan fingerprint density at radius 3 is 2.40 bits per heavy atom. The summed E-state index contributed by atoms with van der Waals surface area (Å²) in [4.78, 5) is 40.4. The second-order valence-corrected chi connectivity index (χ2v) is 12.9. The Labute approximate surface area is 272 Å². The van der Waals surface area contributed by atoms with E-state index in [-0.39, 0.29) is 20.9 Å². The van der Waals surface area contributed by atoms with Crippen molar-refractivity contribution < 1.29 is 27.5 Å². The zero-order chi connectivity index (χ0) is 33.6. The Kier molecular flexibility index (Phi) is 9.96. The third-order valence-corrected chi connectivity index (χ3v) is 9.44. The first-order valence-electron chi connectivity index (χ1n) is 14.9. The molecule has 240 valence electrons. The van der Waals surface area contributed by atoms with E-state index in [1.54, 1.807) is 49.4 Å². The third kappa shape index (κ3) is 7.47. The van der Waals surface area contributed by atoms with Crippen molar-refractivity contribution in [1.82, 2.24) is 4.98 Å². The Morgan fingerprint density at radius 1 is 0.915 bits per heavy atom. The minimum atomic E-state index is -4.13. The van der Waals surface area contributed by atoms with Crippen LogP contribution < -0.4 is 21.1 Å². The highest BCUT2D eigenvalue weighted by Crippen LogP contribution is 2.35. The largest absolute Gasteiger partial charge is 0.497 e. The van der Waals surface area contributed by atoms with Crippen molar-refractivity contribution in [2.24, 2.45) is 5.73 Å². The molecule has 47 heavy (non-hydrogen) atoms. The summed E-state index contributed by atoms with van der Waals surface area (Å²) < 4.78 is 33.3. The molecule has 0 aliphatic heterocycles. The van der Waals surface area contributed by atoms with Crippen LogP contribution >= 0.6 is 0 Å². The quantitative estimate of drug-likeness (QED) is 0.0977. The van der Waals surface area contributed by atoms with E-state index in [2.05, 4.69) is 15.6 Å². The highest BCUT2D eigenvalue weighted by atomic mass is 32.2. The number of pyridine rings is 1. The van der Waals surface area contributed by atoms with Crippen LogP contribution in [-0.4, -0.2) is 38.6 Å². The van der Waals surface area contributed by atoms with Crippen molar-refractivity contribution in [2.45, 2.75) is 42.4 Å². The van der Waals surface area contributed by atoms with Gasteiger partial charge in [-0.25, -0.2) is 8.42 Å². The number of hydrogen-bond acceptors (Lipinski definition) is 8. The molecule has 2 amide bonds. The molecule has 0 bridgehead atoms. The minimum absolute atomic E-state index is 0.0408. The standard InChI is InChI=1S/C36H34N4O6S/c1-23-18-30(21-31-33(23)38-22-32(35(37)42)34(31)39-27-10-7-11-28(20-27)46-2)47(44,45)29-12-6-9-25(19-29)36(43)40-26-15-13-24(14-16-26)8-4-3-5-17-41/h6-7,9-22H,3-5,8H2,1-2H3,(H2,37,42)(H,38,39)(H,40,43). The van der Waals surface area contributed by atoms with E-state index in [0.717, 1.165) is 31.1 Å². The Balaban J connectivity index is 1.45. The SMILES string of the molecule is COc1cccc(Nc2c(C(N)=O)cnc3c(C)cc(S(=O)(=O)c4cccc(C(=O)Nc5ccc(CCCCC=O)cc5)c4)cc23)c1. The van der Waals surface area contributed by atoms with Crippen molar-refractivity contribution in [1.29, 1.82) is 0 Å². The molecule has 10 nitrogen and oxygen atoms in total. The number of carbonyl (C=O) groups excluding carboxylic acids is 3. The highest BCUT2D eigenvalue weighted by molar-refractivity contribution is 7.91. The summed E-state index contributed by atoms with van der Waals surface area (Å²) >= 11 is 0. The number of unbranched alkanes of at least 4 members (excludes halogenated alkanes) is 2. The molecule has 0 radical (unpaired) electrons. The Hall–Kier alpha value is -5.55. The molecule has 0 saturated heterocycles. The number of methoxy groups -OCH3 is 1.